The third-order valence-corrected chi connectivity index (χ3v) is 14.3. The first-order valence-electron chi connectivity index (χ1n) is 22.9. The minimum atomic E-state index is -1.83. The van der Waals surface area contributed by atoms with E-state index >= 15 is 0 Å². The molecule has 4 fully saturated rings. The van der Waals surface area contributed by atoms with E-state index in [9.17, 15) is 15.0 Å². The van der Waals surface area contributed by atoms with Crippen LogP contribution in [-0.4, -0.2) is 141 Å². The molecule has 3 N–H and O–H groups in total. The summed E-state index contributed by atoms with van der Waals surface area (Å²) < 4.78 is 64.3. The summed E-state index contributed by atoms with van der Waals surface area (Å²) in [7, 11) is 5.30. The number of likely N-dealkylation sites (N-methyl/N-ethyl adjacent to an activating group) is 1. The van der Waals surface area contributed by atoms with Crippen LogP contribution in [0.5, 0.6) is 0 Å². The van der Waals surface area contributed by atoms with Crippen molar-refractivity contribution in [1.82, 2.24) is 5.32 Å². The summed E-state index contributed by atoms with van der Waals surface area (Å²) in [6, 6.07) is 0.0445. The molecule has 62 heavy (non-hydrogen) atoms. The van der Waals surface area contributed by atoms with Crippen LogP contribution in [0.4, 0.5) is 0 Å². The number of aliphatic hydroxyl groups is 2. The highest BCUT2D eigenvalue weighted by molar-refractivity contribution is 5.78. The van der Waals surface area contributed by atoms with Crippen LogP contribution >= 0.6 is 0 Å². The molecule has 0 saturated carbocycles. The minimum Gasteiger partial charge on any atom is -0.462 e. The highest BCUT2D eigenvalue weighted by Crippen LogP contribution is 2.47. The summed E-state index contributed by atoms with van der Waals surface area (Å²) >= 11 is 0. The van der Waals surface area contributed by atoms with Gasteiger partial charge in [-0.2, -0.15) is 0 Å². The Bertz CT molecular complexity index is 1730. The van der Waals surface area contributed by atoms with Crippen molar-refractivity contribution in [2.24, 2.45) is 23.7 Å². The maximum atomic E-state index is 14.3. The summed E-state index contributed by atoms with van der Waals surface area (Å²) in [6.07, 6.45) is 9.72. The number of nitrogens with one attached hydrogen (secondary N) is 1. The van der Waals surface area contributed by atoms with Crippen LogP contribution in [0.3, 0.4) is 0 Å². The first-order valence-corrected chi connectivity index (χ1v) is 22.9. The molecule has 0 unspecified atom stereocenters. The van der Waals surface area contributed by atoms with Crippen LogP contribution in [0, 0.1) is 23.7 Å². The van der Waals surface area contributed by atoms with Gasteiger partial charge in [0, 0.05) is 51.7 Å². The van der Waals surface area contributed by atoms with Crippen molar-refractivity contribution in [3.05, 3.63) is 59.3 Å². The van der Waals surface area contributed by atoms with Gasteiger partial charge < -0.3 is 62.9 Å². The number of fused-ring (bicyclic) bond motifs is 2. The SMILES string of the molecule is CN[C@@H]1[C@@H](C)O[C@@H](O[C@H]2[C@H](C)O[C@@H](O[C@@H]3C(C)=CC[C@@H]4C[C@@H](C[C@]5(C=C[C@H](C)[C@@H](C(C)C)O5)O4)OC(=O)[C@@H]4C=C(C)[C@@H](O)[C@H]5OC/C(=C\C=C[C@@H]3C)[C@]54O)C[C@@H]2OC)C[C@H]1OC. The van der Waals surface area contributed by atoms with Crippen LogP contribution in [-0.2, 0) is 52.2 Å². The molecule has 4 saturated heterocycles. The van der Waals surface area contributed by atoms with Crippen LogP contribution in [0.25, 0.3) is 0 Å². The average molecular weight is 872 g/mol. The Hall–Kier alpha value is -2.31. The van der Waals surface area contributed by atoms with E-state index < -0.39 is 66.4 Å². The number of hydrogen-bond acceptors (Lipinski definition) is 14. The highest BCUT2D eigenvalue weighted by Gasteiger charge is 2.60. The van der Waals surface area contributed by atoms with E-state index in [4.69, 9.17) is 47.4 Å². The molecule has 6 aliphatic heterocycles. The second kappa shape index (κ2) is 19.7. The third-order valence-electron chi connectivity index (χ3n) is 14.3. The van der Waals surface area contributed by atoms with Gasteiger partial charge in [-0.05, 0) is 69.9 Å². The Labute approximate surface area is 368 Å². The molecule has 14 nitrogen and oxygen atoms in total. The van der Waals surface area contributed by atoms with Gasteiger partial charge in [-0.1, -0.05) is 64.2 Å². The van der Waals surface area contributed by atoms with E-state index in [1.165, 1.54) is 0 Å². The molecule has 1 spiro atoms. The standard InChI is InChI=1S/C48H73NO13/c1-25(2)42-28(5)17-18-47(62-42)23-34-20-33(61-47)16-15-27(4)43(26(3)13-12-14-32-24-55-45-41(50)29(6)19-35(46(51)58-34)48(32,45)52)59-39-22-37(54-11)44(31(8)57-39)60-38-21-36(53-10)40(49-9)30(7)56-38/h12-15,17-19,25-26,28,30-31,33-45,49-50,52H,16,20-24H2,1-11H3/b13-12?,27-15?,32-14+/t26-,28-,30+,31-,33+,34-,35-,36+,37-,38-,39-,40+,41+,42+,43-,44-,45+,47+,48+/m0/s1. The lowest BCUT2D eigenvalue weighted by molar-refractivity contribution is -0.312. The molecule has 7 rings (SSSR count). The molecule has 19 atom stereocenters. The van der Waals surface area contributed by atoms with Crippen molar-refractivity contribution >= 4 is 5.97 Å². The van der Waals surface area contributed by atoms with Gasteiger partial charge in [0.05, 0.1) is 55.4 Å². The summed E-state index contributed by atoms with van der Waals surface area (Å²) in [5.74, 6) is -2.56. The van der Waals surface area contributed by atoms with Gasteiger partial charge in [-0.15, -0.1) is 0 Å². The largest absolute Gasteiger partial charge is 0.462 e. The summed E-state index contributed by atoms with van der Waals surface area (Å²) in [6.45, 7) is 16.3. The minimum absolute atomic E-state index is 0.0407. The Balaban J connectivity index is 1.17. The molecule has 348 valence electrons. The third kappa shape index (κ3) is 9.64. The van der Waals surface area contributed by atoms with Crippen molar-refractivity contribution in [1.29, 1.82) is 0 Å². The molecular formula is C48H73NO13. The zero-order valence-electron chi connectivity index (χ0n) is 38.6. The Morgan fingerprint density at radius 2 is 1.60 bits per heavy atom. The molecule has 0 aromatic rings. The van der Waals surface area contributed by atoms with E-state index in [1.807, 2.05) is 39.1 Å². The van der Waals surface area contributed by atoms with E-state index in [-0.39, 0.29) is 67.0 Å². The Morgan fingerprint density at radius 1 is 0.887 bits per heavy atom. The Morgan fingerprint density at radius 3 is 2.31 bits per heavy atom. The van der Waals surface area contributed by atoms with Crippen LogP contribution < -0.4 is 5.32 Å². The van der Waals surface area contributed by atoms with Gasteiger partial charge in [0.15, 0.2) is 18.4 Å². The fourth-order valence-corrected chi connectivity index (χ4v) is 10.9. The lowest BCUT2D eigenvalue weighted by Gasteiger charge is -2.48. The Kier molecular flexibility index (Phi) is 15.1. The second-order valence-electron chi connectivity index (χ2n) is 19.1. The van der Waals surface area contributed by atoms with Gasteiger partial charge in [0.25, 0.3) is 0 Å². The highest BCUT2D eigenvalue weighted by atomic mass is 16.7. The molecule has 0 radical (unpaired) electrons. The maximum Gasteiger partial charge on any atom is 0.316 e. The number of rotatable bonds is 8. The zero-order chi connectivity index (χ0) is 44.7. The van der Waals surface area contributed by atoms with E-state index in [2.05, 4.69) is 52.1 Å². The number of ether oxygens (including phenoxy) is 10. The topological polar surface area (TPSA) is 162 Å². The molecule has 0 aromatic heterocycles. The van der Waals surface area contributed by atoms with Gasteiger partial charge in [-0.3, -0.25) is 4.79 Å². The molecule has 7 aliphatic rings. The van der Waals surface area contributed by atoms with E-state index in [0.29, 0.717) is 43.3 Å². The number of carbonyl (C=O) groups is 1. The lowest BCUT2D eigenvalue weighted by Crippen LogP contribution is -2.58. The monoisotopic (exact) mass is 872 g/mol. The average Bonchev–Trinajstić information content (AvgIpc) is 3.57. The molecule has 0 aromatic carbocycles. The van der Waals surface area contributed by atoms with Gasteiger partial charge >= 0.3 is 5.97 Å². The van der Waals surface area contributed by atoms with E-state index in [1.54, 1.807) is 33.3 Å². The first-order chi connectivity index (χ1) is 29.5. The number of carbonyl (C=O) groups excluding carboxylic acids is 1. The predicted octanol–water partition coefficient (Wildman–Crippen LogP) is 5.21. The van der Waals surface area contributed by atoms with Crippen molar-refractivity contribution in [2.75, 3.05) is 27.9 Å². The van der Waals surface area contributed by atoms with Gasteiger partial charge in [0.1, 0.15) is 35.9 Å². The smallest absolute Gasteiger partial charge is 0.316 e. The molecule has 1 aliphatic carbocycles. The molecule has 0 amide bonds. The first kappa shape index (κ1) is 47.6. The number of aliphatic hydroxyl groups excluding tert-OH is 1. The normalized spacial score (nSPS) is 47.4. The van der Waals surface area contributed by atoms with Gasteiger partial charge in [-0.25, -0.2) is 0 Å². The molecule has 6 heterocycles. The number of esters is 1. The molecule has 14 heteroatoms. The van der Waals surface area contributed by atoms with Crippen LogP contribution in [0.15, 0.2) is 59.3 Å². The number of allylic oxidation sites excluding steroid dienone is 2. The number of hydrogen-bond donors (Lipinski definition) is 3. The van der Waals surface area contributed by atoms with E-state index in [0.717, 1.165) is 5.57 Å². The van der Waals surface area contributed by atoms with Crippen LogP contribution in [0.2, 0.25) is 0 Å². The zero-order valence-corrected chi connectivity index (χ0v) is 38.6. The second-order valence-corrected chi connectivity index (χ2v) is 19.1. The quantitative estimate of drug-likeness (QED) is 0.215. The van der Waals surface area contributed by atoms with Crippen molar-refractivity contribution in [3.8, 4) is 0 Å². The maximum absolute atomic E-state index is 14.3. The molecular weight excluding hydrogens is 799 g/mol. The van der Waals surface area contributed by atoms with Crippen molar-refractivity contribution in [3.63, 3.8) is 0 Å². The summed E-state index contributed by atoms with van der Waals surface area (Å²) in [5, 5.41) is 27.0. The fourth-order valence-electron chi connectivity index (χ4n) is 10.9. The molecule has 2 bridgehead atoms. The summed E-state index contributed by atoms with van der Waals surface area (Å²) in [4.78, 5) is 14.3. The summed E-state index contributed by atoms with van der Waals surface area (Å²) in [5.41, 5.74) is 0.176. The van der Waals surface area contributed by atoms with Crippen molar-refractivity contribution < 1.29 is 62.4 Å². The fraction of sp³-hybridized carbons (Fsp3) is 0.771. The lowest BCUT2D eigenvalue weighted by atomic mass is 9.71. The predicted molar refractivity (Wildman–Crippen MR) is 230 cm³/mol. The van der Waals surface area contributed by atoms with Gasteiger partial charge in [0.2, 0.25) is 0 Å². The van der Waals surface area contributed by atoms with Crippen molar-refractivity contribution in [2.45, 2.75) is 185 Å². The van der Waals surface area contributed by atoms with Crippen LogP contribution in [0.1, 0.15) is 87.5 Å². The number of methoxy groups -OCH3 is 2.